The number of ether oxygens (including phenoxy) is 2. The van der Waals surface area contributed by atoms with Crippen LogP contribution in [0.4, 0.5) is 5.69 Å². The number of nitrogens with zero attached hydrogens (tertiary/aromatic N) is 3. The lowest BCUT2D eigenvalue weighted by Crippen LogP contribution is -2.38. The minimum absolute atomic E-state index is 0.114. The van der Waals surface area contributed by atoms with Crippen LogP contribution in [0.1, 0.15) is 44.7 Å². The second kappa shape index (κ2) is 10.7. The largest absolute Gasteiger partial charge is 0.496 e. The average molecular weight is 537 g/mol. The molecule has 2 aromatic heterocycles. The zero-order valence-electron chi connectivity index (χ0n) is 20.4. The molecule has 10 heteroatoms. The standard InChI is InChI=1S/C27H25ClN4O4S/c1-35-23-8-7-17(28)13-20(23)30-25(33)22-15-37-26(31-22)16-9-11-32(12-10-16)27(34)21-14-24(36-2)18-5-3-4-6-19(18)29-21/h3-8,13-16H,9-12H2,1-2H3,(H,30,33). The molecular formula is C27H25ClN4O4S. The van der Waals surface area contributed by atoms with E-state index in [2.05, 4.69) is 15.3 Å². The number of rotatable bonds is 6. The smallest absolute Gasteiger partial charge is 0.275 e. The lowest BCUT2D eigenvalue weighted by atomic mass is 9.97. The van der Waals surface area contributed by atoms with E-state index in [1.165, 1.54) is 18.4 Å². The van der Waals surface area contributed by atoms with E-state index in [0.29, 0.717) is 46.7 Å². The Morgan fingerprint density at radius 1 is 1.00 bits per heavy atom. The number of aromatic nitrogens is 2. The fourth-order valence-corrected chi connectivity index (χ4v) is 5.60. The highest BCUT2D eigenvalue weighted by atomic mass is 35.5. The van der Waals surface area contributed by atoms with Gasteiger partial charge in [-0.25, -0.2) is 9.97 Å². The first-order valence-electron chi connectivity index (χ1n) is 11.8. The summed E-state index contributed by atoms with van der Waals surface area (Å²) in [7, 11) is 3.12. The molecule has 0 radical (unpaired) electrons. The second-order valence-corrected chi connectivity index (χ2v) is 9.99. The molecule has 3 heterocycles. The van der Waals surface area contributed by atoms with Crippen molar-refractivity contribution in [1.82, 2.24) is 14.9 Å². The van der Waals surface area contributed by atoms with Crippen LogP contribution in [0.3, 0.4) is 0 Å². The van der Waals surface area contributed by atoms with E-state index < -0.39 is 0 Å². The number of likely N-dealkylation sites (tertiary alicyclic amines) is 1. The molecule has 2 aromatic carbocycles. The molecule has 1 N–H and O–H groups in total. The Bertz CT molecular complexity index is 1470. The van der Waals surface area contributed by atoms with Gasteiger partial charge in [0.25, 0.3) is 11.8 Å². The number of benzene rings is 2. The number of hydrogen-bond acceptors (Lipinski definition) is 7. The minimum Gasteiger partial charge on any atom is -0.496 e. The van der Waals surface area contributed by atoms with E-state index in [4.69, 9.17) is 21.1 Å². The zero-order chi connectivity index (χ0) is 25.9. The summed E-state index contributed by atoms with van der Waals surface area (Å²) in [5, 5.41) is 6.83. The molecule has 0 bridgehead atoms. The Morgan fingerprint density at radius 2 is 1.76 bits per heavy atom. The first-order valence-corrected chi connectivity index (χ1v) is 13.1. The number of amides is 2. The number of para-hydroxylation sites is 1. The fraction of sp³-hybridized carbons (Fsp3) is 0.259. The van der Waals surface area contributed by atoms with Crippen LogP contribution in [0.5, 0.6) is 11.5 Å². The van der Waals surface area contributed by atoms with E-state index in [-0.39, 0.29) is 17.7 Å². The molecule has 1 aliphatic rings. The maximum Gasteiger partial charge on any atom is 0.275 e. The van der Waals surface area contributed by atoms with Gasteiger partial charge in [-0.1, -0.05) is 23.7 Å². The molecule has 0 spiro atoms. The summed E-state index contributed by atoms with van der Waals surface area (Å²) in [5.74, 6) is 0.885. The first kappa shape index (κ1) is 25.0. The summed E-state index contributed by atoms with van der Waals surface area (Å²) < 4.78 is 10.8. The molecule has 0 atom stereocenters. The Hall–Kier alpha value is -3.69. The SMILES string of the molecule is COc1ccc(Cl)cc1NC(=O)c1csc(C2CCN(C(=O)c3cc(OC)c4ccccc4n3)CC2)n1. The molecule has 0 unspecified atom stereocenters. The van der Waals surface area contributed by atoms with E-state index in [9.17, 15) is 9.59 Å². The lowest BCUT2D eigenvalue weighted by Gasteiger charge is -2.31. The van der Waals surface area contributed by atoms with Crippen LogP contribution in [0.15, 0.2) is 53.9 Å². The van der Waals surface area contributed by atoms with Gasteiger partial charge in [-0.15, -0.1) is 11.3 Å². The number of nitrogens with one attached hydrogen (secondary N) is 1. The van der Waals surface area contributed by atoms with Gasteiger partial charge >= 0.3 is 0 Å². The van der Waals surface area contributed by atoms with E-state index >= 15 is 0 Å². The van der Waals surface area contributed by atoms with Crippen LogP contribution >= 0.6 is 22.9 Å². The van der Waals surface area contributed by atoms with Crippen LogP contribution < -0.4 is 14.8 Å². The monoisotopic (exact) mass is 536 g/mol. The highest BCUT2D eigenvalue weighted by Gasteiger charge is 2.28. The number of piperidine rings is 1. The number of thiazole rings is 1. The van der Waals surface area contributed by atoms with Gasteiger partial charge in [0.05, 0.1) is 30.4 Å². The molecule has 4 aromatic rings. The van der Waals surface area contributed by atoms with Crippen molar-refractivity contribution in [2.24, 2.45) is 0 Å². The number of anilines is 1. The van der Waals surface area contributed by atoms with E-state index in [1.54, 1.807) is 36.8 Å². The minimum atomic E-state index is -0.327. The predicted octanol–water partition coefficient (Wildman–Crippen LogP) is 5.63. The van der Waals surface area contributed by atoms with Crippen molar-refractivity contribution in [1.29, 1.82) is 0 Å². The van der Waals surface area contributed by atoms with Gasteiger partial charge in [0.15, 0.2) is 0 Å². The average Bonchev–Trinajstić information content (AvgIpc) is 3.43. The first-order chi connectivity index (χ1) is 18.0. The van der Waals surface area contributed by atoms with Gasteiger partial charge in [0.2, 0.25) is 0 Å². The molecule has 5 rings (SSSR count). The summed E-state index contributed by atoms with van der Waals surface area (Å²) in [6, 6.07) is 14.3. The van der Waals surface area contributed by atoms with Crippen LogP contribution in [0, 0.1) is 0 Å². The second-order valence-electron chi connectivity index (χ2n) is 8.66. The number of methoxy groups -OCH3 is 2. The van der Waals surface area contributed by atoms with Crippen LogP contribution in [0.25, 0.3) is 10.9 Å². The van der Waals surface area contributed by atoms with E-state index in [0.717, 1.165) is 28.8 Å². The number of halogens is 1. The third kappa shape index (κ3) is 5.23. The summed E-state index contributed by atoms with van der Waals surface area (Å²) >= 11 is 7.52. The van der Waals surface area contributed by atoms with E-state index in [1.807, 2.05) is 29.2 Å². The molecule has 1 aliphatic heterocycles. The summed E-state index contributed by atoms with van der Waals surface area (Å²) in [5.41, 5.74) is 1.93. The van der Waals surface area contributed by atoms with Gasteiger partial charge < -0.3 is 19.7 Å². The summed E-state index contributed by atoms with van der Waals surface area (Å²) in [6.07, 6.45) is 1.51. The molecule has 37 heavy (non-hydrogen) atoms. The van der Waals surface area contributed by atoms with Crippen molar-refractivity contribution >= 4 is 51.3 Å². The molecule has 190 valence electrons. The van der Waals surface area contributed by atoms with Gasteiger partial charge in [-0.05, 0) is 43.2 Å². The van der Waals surface area contributed by atoms with Crippen molar-refractivity contribution in [2.75, 3.05) is 32.6 Å². The maximum absolute atomic E-state index is 13.2. The van der Waals surface area contributed by atoms with Gasteiger partial charge in [0, 0.05) is 40.9 Å². The Morgan fingerprint density at radius 3 is 2.51 bits per heavy atom. The van der Waals surface area contributed by atoms with Crippen molar-refractivity contribution in [3.63, 3.8) is 0 Å². The van der Waals surface area contributed by atoms with Crippen LogP contribution in [-0.4, -0.2) is 54.0 Å². The Labute approximate surface area is 223 Å². The topological polar surface area (TPSA) is 93.7 Å². The Kier molecular flexibility index (Phi) is 7.25. The molecule has 2 amide bonds. The third-order valence-electron chi connectivity index (χ3n) is 6.41. The number of pyridine rings is 1. The molecule has 8 nitrogen and oxygen atoms in total. The van der Waals surface area contributed by atoms with Crippen molar-refractivity contribution in [3.05, 3.63) is 75.3 Å². The molecule has 0 saturated carbocycles. The molecule has 1 saturated heterocycles. The maximum atomic E-state index is 13.2. The van der Waals surface area contributed by atoms with Crippen molar-refractivity contribution in [2.45, 2.75) is 18.8 Å². The van der Waals surface area contributed by atoms with Crippen LogP contribution in [0.2, 0.25) is 5.02 Å². The predicted molar refractivity (Wildman–Crippen MR) is 144 cm³/mol. The number of fused-ring (bicyclic) bond motifs is 1. The molecule has 0 aliphatic carbocycles. The highest BCUT2D eigenvalue weighted by molar-refractivity contribution is 7.10. The number of carbonyl (C=O) groups excluding carboxylic acids is 2. The summed E-state index contributed by atoms with van der Waals surface area (Å²) in [4.78, 5) is 37.0. The highest BCUT2D eigenvalue weighted by Crippen LogP contribution is 2.33. The zero-order valence-corrected chi connectivity index (χ0v) is 21.9. The van der Waals surface area contributed by atoms with Crippen molar-refractivity contribution in [3.8, 4) is 11.5 Å². The summed E-state index contributed by atoms with van der Waals surface area (Å²) in [6.45, 7) is 1.17. The molecular weight excluding hydrogens is 512 g/mol. The fourth-order valence-electron chi connectivity index (χ4n) is 4.46. The number of carbonyl (C=O) groups is 2. The van der Waals surface area contributed by atoms with Crippen LogP contribution in [-0.2, 0) is 0 Å². The quantitative estimate of drug-likeness (QED) is 0.343. The van der Waals surface area contributed by atoms with Gasteiger partial charge in [0.1, 0.15) is 22.9 Å². The van der Waals surface area contributed by atoms with Gasteiger partial charge in [-0.3, -0.25) is 9.59 Å². The third-order valence-corrected chi connectivity index (χ3v) is 7.66. The molecule has 1 fully saturated rings. The lowest BCUT2D eigenvalue weighted by molar-refractivity contribution is 0.0707. The number of hydrogen-bond donors (Lipinski definition) is 1. The van der Waals surface area contributed by atoms with Gasteiger partial charge in [-0.2, -0.15) is 0 Å². The normalized spacial score (nSPS) is 14.0. The Balaban J connectivity index is 1.24. The van der Waals surface area contributed by atoms with Crippen molar-refractivity contribution < 1.29 is 19.1 Å².